The van der Waals surface area contributed by atoms with Gasteiger partial charge in [-0.3, -0.25) is 9.69 Å². The van der Waals surface area contributed by atoms with E-state index >= 15 is 0 Å². The van der Waals surface area contributed by atoms with Crippen LogP contribution in [-0.4, -0.2) is 28.8 Å². The Morgan fingerprint density at radius 3 is 2.81 bits per heavy atom. The van der Waals surface area contributed by atoms with Crippen LogP contribution in [0.3, 0.4) is 0 Å². The molecule has 0 bridgehead atoms. The van der Waals surface area contributed by atoms with Crippen LogP contribution < -0.4 is 0 Å². The van der Waals surface area contributed by atoms with Gasteiger partial charge in [-0.2, -0.15) is 0 Å². The van der Waals surface area contributed by atoms with Crippen molar-refractivity contribution in [2.24, 2.45) is 0 Å². The maximum absolute atomic E-state index is 13.5. The van der Waals surface area contributed by atoms with Gasteiger partial charge in [0.2, 0.25) is 0 Å². The smallest absolute Gasteiger partial charge is 0.180 e. The number of carbonyl (C=O) groups excluding carboxylic acids is 1. The lowest BCUT2D eigenvalue weighted by molar-refractivity contribution is 0.0982. The average molecular weight is 222 g/mol. The van der Waals surface area contributed by atoms with Crippen molar-refractivity contribution in [1.29, 1.82) is 0 Å². The molecule has 4 heteroatoms. The molecule has 2 rings (SSSR count). The summed E-state index contributed by atoms with van der Waals surface area (Å²) in [6.07, 6.45) is 1.57. The molecule has 1 aliphatic rings. The first-order chi connectivity index (χ1) is 7.70. The van der Waals surface area contributed by atoms with Crippen molar-refractivity contribution >= 4 is 5.78 Å². The van der Waals surface area contributed by atoms with Gasteiger partial charge in [-0.15, -0.1) is 0 Å². The minimum absolute atomic E-state index is 0.0372. The van der Waals surface area contributed by atoms with Crippen molar-refractivity contribution in [2.75, 3.05) is 13.1 Å². The number of nitrogens with zero attached hydrogens (tertiary/aromatic N) is 2. The molecule has 0 N–H and O–H groups in total. The molecule has 0 radical (unpaired) electrons. The van der Waals surface area contributed by atoms with Gasteiger partial charge in [0.15, 0.2) is 5.78 Å². The molecule has 16 heavy (non-hydrogen) atoms. The monoisotopic (exact) mass is 222 g/mol. The van der Waals surface area contributed by atoms with E-state index in [1.807, 2.05) is 0 Å². The number of hydrogen-bond donors (Lipinski definition) is 0. The third-order valence-corrected chi connectivity index (χ3v) is 2.85. The van der Waals surface area contributed by atoms with E-state index in [2.05, 4.69) is 9.88 Å². The van der Waals surface area contributed by atoms with Gasteiger partial charge in [-0.05, 0) is 31.6 Å². The first-order valence-corrected chi connectivity index (χ1v) is 5.61. The fourth-order valence-corrected chi connectivity index (χ4v) is 1.68. The summed E-state index contributed by atoms with van der Waals surface area (Å²) in [5.41, 5.74) is 0.762. The number of likely N-dealkylation sites (tertiary alicyclic amines) is 1. The average Bonchev–Trinajstić information content (AvgIpc) is 2.24. The Kier molecular flexibility index (Phi) is 3.29. The summed E-state index contributed by atoms with van der Waals surface area (Å²) in [7, 11) is 0. The summed E-state index contributed by atoms with van der Waals surface area (Å²) in [6, 6.07) is 2.80. The number of pyridine rings is 1. The van der Waals surface area contributed by atoms with Crippen LogP contribution in [0.1, 0.15) is 35.9 Å². The van der Waals surface area contributed by atoms with Gasteiger partial charge in [-0.25, -0.2) is 9.37 Å². The van der Waals surface area contributed by atoms with Crippen LogP contribution >= 0.6 is 0 Å². The van der Waals surface area contributed by atoms with Crippen molar-refractivity contribution < 1.29 is 9.18 Å². The van der Waals surface area contributed by atoms with Gasteiger partial charge < -0.3 is 0 Å². The van der Waals surface area contributed by atoms with E-state index in [1.54, 1.807) is 6.92 Å². The van der Waals surface area contributed by atoms with E-state index in [0.29, 0.717) is 24.4 Å². The number of carbonyl (C=O) groups is 1. The van der Waals surface area contributed by atoms with Crippen LogP contribution in [0.15, 0.2) is 12.1 Å². The largest absolute Gasteiger partial charge is 0.297 e. The van der Waals surface area contributed by atoms with Gasteiger partial charge in [-0.1, -0.05) is 6.92 Å². The van der Waals surface area contributed by atoms with Gasteiger partial charge in [0.25, 0.3) is 0 Å². The quantitative estimate of drug-likeness (QED) is 0.731. The number of rotatable bonds is 4. The Morgan fingerprint density at radius 1 is 1.50 bits per heavy atom. The molecule has 1 aromatic rings. The van der Waals surface area contributed by atoms with Crippen molar-refractivity contribution in [1.82, 2.24) is 9.88 Å². The Labute approximate surface area is 94.3 Å². The van der Waals surface area contributed by atoms with Crippen LogP contribution in [0.5, 0.6) is 0 Å². The molecule has 0 amide bonds. The molecule has 1 aliphatic heterocycles. The molecule has 2 heterocycles. The number of ketones is 1. The molecule has 0 saturated carbocycles. The van der Waals surface area contributed by atoms with Crippen LogP contribution in [0.2, 0.25) is 0 Å². The van der Waals surface area contributed by atoms with Gasteiger partial charge in [0.05, 0.1) is 5.69 Å². The van der Waals surface area contributed by atoms with Crippen LogP contribution in [0, 0.1) is 5.82 Å². The Hall–Kier alpha value is -1.29. The maximum atomic E-state index is 13.5. The number of Topliss-reactive ketones (excluding diaryl/α,β-unsaturated/α-hetero) is 1. The molecule has 0 unspecified atom stereocenters. The van der Waals surface area contributed by atoms with Gasteiger partial charge in [0, 0.05) is 13.0 Å². The second-order valence-corrected chi connectivity index (χ2v) is 4.03. The second-order valence-electron chi connectivity index (χ2n) is 4.03. The third-order valence-electron chi connectivity index (χ3n) is 2.85. The first-order valence-electron chi connectivity index (χ1n) is 5.61. The fourth-order valence-electron chi connectivity index (χ4n) is 1.68. The van der Waals surface area contributed by atoms with Crippen LogP contribution in [-0.2, 0) is 6.54 Å². The highest BCUT2D eigenvalue weighted by atomic mass is 19.1. The van der Waals surface area contributed by atoms with E-state index in [4.69, 9.17) is 0 Å². The molecule has 86 valence electrons. The number of aromatic nitrogens is 1. The summed E-state index contributed by atoms with van der Waals surface area (Å²) >= 11 is 0. The Balaban J connectivity index is 2.17. The molecule has 3 nitrogen and oxygen atoms in total. The lowest BCUT2D eigenvalue weighted by atomic mass is 10.1. The SMILES string of the molecule is CCC(=O)c1ccc(F)c(CN2CCC2)n1. The highest BCUT2D eigenvalue weighted by molar-refractivity contribution is 5.93. The van der Waals surface area contributed by atoms with E-state index in [9.17, 15) is 9.18 Å². The van der Waals surface area contributed by atoms with Crippen LogP contribution in [0.4, 0.5) is 4.39 Å². The van der Waals surface area contributed by atoms with Gasteiger partial charge in [0.1, 0.15) is 11.5 Å². The molecule has 1 aromatic heterocycles. The minimum atomic E-state index is -0.320. The summed E-state index contributed by atoms with van der Waals surface area (Å²) in [5, 5.41) is 0. The first kappa shape index (κ1) is 11.2. The predicted molar refractivity (Wildman–Crippen MR) is 58.7 cm³/mol. The molecule has 0 atom stereocenters. The van der Waals surface area contributed by atoms with Gasteiger partial charge >= 0.3 is 0 Å². The molecule has 1 saturated heterocycles. The van der Waals surface area contributed by atoms with E-state index < -0.39 is 0 Å². The summed E-state index contributed by atoms with van der Waals surface area (Å²) in [6.45, 7) is 4.28. The van der Waals surface area contributed by atoms with Crippen LogP contribution in [0.25, 0.3) is 0 Å². The summed E-state index contributed by atoms with van der Waals surface area (Å²) in [4.78, 5) is 17.7. The lowest BCUT2D eigenvalue weighted by Crippen LogP contribution is -2.36. The standard InChI is InChI=1S/C12H15FN2O/c1-2-12(16)10-5-4-9(13)11(14-10)8-15-6-3-7-15/h4-5H,2-3,6-8H2,1H3. The second kappa shape index (κ2) is 4.70. The van der Waals surface area contributed by atoms with Crippen molar-refractivity contribution in [3.8, 4) is 0 Å². The van der Waals surface area contributed by atoms with Crippen molar-refractivity contribution in [3.63, 3.8) is 0 Å². The van der Waals surface area contributed by atoms with E-state index in [1.165, 1.54) is 12.1 Å². The van der Waals surface area contributed by atoms with Crippen molar-refractivity contribution in [3.05, 3.63) is 29.3 Å². The molecule has 1 fully saturated rings. The zero-order valence-corrected chi connectivity index (χ0v) is 9.37. The topological polar surface area (TPSA) is 33.2 Å². The molecule has 0 spiro atoms. The lowest BCUT2D eigenvalue weighted by Gasteiger charge is -2.30. The molecule has 0 aromatic carbocycles. The maximum Gasteiger partial charge on any atom is 0.180 e. The fraction of sp³-hybridized carbons (Fsp3) is 0.500. The number of halogens is 1. The van der Waals surface area contributed by atoms with E-state index in [-0.39, 0.29) is 11.6 Å². The van der Waals surface area contributed by atoms with Crippen molar-refractivity contribution in [2.45, 2.75) is 26.3 Å². The third kappa shape index (κ3) is 2.27. The Morgan fingerprint density at radius 2 is 2.25 bits per heavy atom. The highest BCUT2D eigenvalue weighted by Crippen LogP contribution is 2.14. The molecular formula is C12H15FN2O. The highest BCUT2D eigenvalue weighted by Gasteiger charge is 2.17. The molecular weight excluding hydrogens is 207 g/mol. The number of hydrogen-bond acceptors (Lipinski definition) is 3. The summed E-state index contributed by atoms with van der Waals surface area (Å²) in [5.74, 6) is -0.357. The minimum Gasteiger partial charge on any atom is -0.297 e. The zero-order valence-electron chi connectivity index (χ0n) is 9.37. The zero-order chi connectivity index (χ0) is 11.5. The summed E-state index contributed by atoms with van der Waals surface area (Å²) < 4.78 is 13.5. The van der Waals surface area contributed by atoms with E-state index in [0.717, 1.165) is 19.5 Å². The Bertz CT molecular complexity index is 402. The molecule has 0 aliphatic carbocycles. The normalized spacial score (nSPS) is 15.9. The predicted octanol–water partition coefficient (Wildman–Crippen LogP) is 2.02.